The van der Waals surface area contributed by atoms with Gasteiger partial charge < -0.3 is 24.8 Å². The summed E-state index contributed by atoms with van der Waals surface area (Å²) < 4.78 is 1.42. The molecule has 5 saturated carbocycles. The normalized spacial score (nSPS) is 31.2. The van der Waals surface area contributed by atoms with Gasteiger partial charge in [0.15, 0.2) is 0 Å². The number of rotatable bonds is 3. The van der Waals surface area contributed by atoms with Crippen molar-refractivity contribution in [2.45, 2.75) is 120 Å². The first-order chi connectivity index (χ1) is 27.7. The average molecular weight is 913 g/mol. The van der Waals surface area contributed by atoms with Gasteiger partial charge in [-0.15, -0.1) is 13.3 Å². The summed E-state index contributed by atoms with van der Waals surface area (Å²) in [5.41, 5.74) is 15.3. The van der Waals surface area contributed by atoms with Crippen LogP contribution in [0, 0.1) is 62.7 Å². The van der Waals surface area contributed by atoms with Crippen LogP contribution < -0.4 is 24.8 Å². The summed E-state index contributed by atoms with van der Waals surface area (Å²) in [6.07, 6.45) is 26.9. The van der Waals surface area contributed by atoms with Gasteiger partial charge in [-0.05, 0) is 77.6 Å². The van der Waals surface area contributed by atoms with Crippen LogP contribution in [0.4, 0.5) is 0 Å². The SMILES string of the molecule is C[C-]1C2=C3Cc4ccccc4C3=C3C=CCCC3C2(C)C(C)(C)C(C)(C)C1(C)C.[C-]1=CC(C23CC4CC(CC(C4)C2)C3)=CC1.[Cl-].[Cl-].[Zr+2]=[C](c1ccccc1)c1ccccc1. The van der Waals surface area contributed by atoms with E-state index in [0.717, 1.165) is 30.6 Å². The van der Waals surface area contributed by atoms with Crippen molar-refractivity contribution >= 4 is 8.78 Å². The summed E-state index contributed by atoms with van der Waals surface area (Å²) in [6, 6.07) is 30.3. The molecule has 314 valence electrons. The molecular formula is C57H66Cl2Zr-2. The van der Waals surface area contributed by atoms with Crippen LogP contribution in [0.5, 0.6) is 0 Å². The first-order valence-electron chi connectivity index (χ1n) is 22.7. The van der Waals surface area contributed by atoms with E-state index in [-0.39, 0.29) is 46.5 Å². The van der Waals surface area contributed by atoms with Gasteiger partial charge in [0.05, 0.1) is 0 Å². The molecule has 5 fully saturated rings. The molecule has 3 aromatic rings. The summed E-state index contributed by atoms with van der Waals surface area (Å²) >= 11 is 1.46. The van der Waals surface area contributed by atoms with Crippen molar-refractivity contribution in [1.29, 1.82) is 0 Å². The molecule has 60 heavy (non-hydrogen) atoms. The number of hydrogen-bond acceptors (Lipinski definition) is 0. The van der Waals surface area contributed by atoms with Gasteiger partial charge in [0.2, 0.25) is 0 Å². The zero-order chi connectivity index (χ0) is 40.7. The fourth-order valence-corrected chi connectivity index (χ4v) is 15.0. The van der Waals surface area contributed by atoms with Crippen LogP contribution in [-0.2, 0) is 30.7 Å². The summed E-state index contributed by atoms with van der Waals surface area (Å²) in [5, 5.41) is 0. The fraction of sp³-hybridized carbons (Fsp3) is 0.474. The van der Waals surface area contributed by atoms with Crippen LogP contribution in [0.2, 0.25) is 0 Å². The molecule has 0 aromatic heterocycles. The minimum absolute atomic E-state index is 0. The molecule has 0 amide bonds. The van der Waals surface area contributed by atoms with Crippen molar-refractivity contribution in [1.82, 2.24) is 0 Å². The Labute approximate surface area is 391 Å². The third-order valence-corrected chi connectivity index (χ3v) is 19.7. The van der Waals surface area contributed by atoms with Crippen molar-refractivity contribution in [3.63, 3.8) is 0 Å². The third kappa shape index (κ3) is 7.11. The van der Waals surface area contributed by atoms with Crippen LogP contribution >= 0.6 is 0 Å². The molecule has 2 atom stereocenters. The Hall–Kier alpha value is -2.44. The summed E-state index contributed by atoms with van der Waals surface area (Å²) in [7, 11) is 0. The molecule has 12 rings (SSSR count). The Bertz CT molecular complexity index is 2170. The van der Waals surface area contributed by atoms with Gasteiger partial charge in [-0.25, -0.2) is 12.0 Å². The predicted molar refractivity (Wildman–Crippen MR) is 242 cm³/mol. The molecule has 0 saturated heterocycles. The molecule has 0 heterocycles. The van der Waals surface area contributed by atoms with E-state index in [0.29, 0.717) is 11.3 Å². The maximum absolute atomic E-state index is 3.38. The molecule has 3 aromatic carbocycles. The Morgan fingerprint density at radius 2 is 1.27 bits per heavy atom. The zero-order valence-electron chi connectivity index (χ0n) is 37.5. The number of halogens is 2. The molecule has 0 spiro atoms. The minimum atomic E-state index is 0. The second-order valence-electron chi connectivity index (χ2n) is 21.3. The summed E-state index contributed by atoms with van der Waals surface area (Å²) in [6.45, 7) is 20.3. The maximum atomic E-state index is 3.38. The molecule has 0 nitrogen and oxygen atoms in total. The molecule has 3 heteroatoms. The third-order valence-electron chi connectivity index (χ3n) is 18.3. The van der Waals surface area contributed by atoms with Crippen molar-refractivity contribution in [3.05, 3.63) is 166 Å². The monoisotopic (exact) mass is 910 g/mol. The van der Waals surface area contributed by atoms with E-state index < -0.39 is 0 Å². The van der Waals surface area contributed by atoms with E-state index in [1.807, 2.05) is 0 Å². The van der Waals surface area contributed by atoms with Crippen molar-refractivity contribution in [3.8, 4) is 0 Å². The number of hydrogen-bond donors (Lipinski definition) is 0. The second kappa shape index (κ2) is 16.9. The molecular weight excluding hydrogens is 847 g/mol. The first-order valence-corrected chi connectivity index (χ1v) is 24.0. The fourth-order valence-electron chi connectivity index (χ4n) is 14.2. The van der Waals surface area contributed by atoms with Gasteiger partial charge in [-0.2, -0.15) is 22.8 Å². The molecule has 2 unspecified atom stereocenters. The van der Waals surface area contributed by atoms with Crippen LogP contribution in [0.25, 0.3) is 5.57 Å². The van der Waals surface area contributed by atoms with Gasteiger partial charge >= 0.3 is 99.2 Å². The van der Waals surface area contributed by atoms with E-state index in [2.05, 4.69) is 171 Å². The second-order valence-corrected chi connectivity index (χ2v) is 22.5. The zero-order valence-corrected chi connectivity index (χ0v) is 41.5. The van der Waals surface area contributed by atoms with Gasteiger partial charge in [-0.1, -0.05) is 138 Å². The first kappa shape index (κ1) is 45.6. The van der Waals surface area contributed by atoms with Crippen LogP contribution in [0.3, 0.4) is 0 Å². The van der Waals surface area contributed by atoms with Gasteiger partial charge in [0.25, 0.3) is 0 Å². The van der Waals surface area contributed by atoms with Crippen LogP contribution in [0.1, 0.15) is 135 Å². The van der Waals surface area contributed by atoms with Crippen molar-refractivity contribution < 1.29 is 49.0 Å². The van der Waals surface area contributed by atoms with E-state index >= 15 is 0 Å². The van der Waals surface area contributed by atoms with Gasteiger partial charge in [0.1, 0.15) is 0 Å². The van der Waals surface area contributed by atoms with Crippen LogP contribution in [-0.4, -0.2) is 3.21 Å². The molecule has 0 aliphatic heterocycles. The number of fused-ring (bicyclic) bond motifs is 6. The van der Waals surface area contributed by atoms with Crippen molar-refractivity contribution in [2.24, 2.45) is 50.7 Å². The standard InChI is InChI=1S/C29H37.C15H19.C13H10.2ClH.Zr/c1-18-25-22-17-19-13-9-10-14-20(19)24(22)21-15-11-12-16-23(21)29(25,8)28(6,7)27(4,5)26(18,2)3;1-2-4-14(3-1)15-8-11-5-12(9-15)7-13(6-11)10-15;1-3-7-12(8-4-1)11-13-9-5-2-6-10-13;;;/h9-11,13-15,23H,12,16-17H2,1-8H3;3-4,11-13H,1,5-10H2;1-10H;2*1H;/q2*-1;;;;+2/p-2. The average Bonchev–Trinajstić information content (AvgIpc) is 3.91. The Balaban J connectivity index is 0.000000148. The Morgan fingerprint density at radius 3 is 1.82 bits per heavy atom. The quantitative estimate of drug-likeness (QED) is 0.231. The molecule has 0 radical (unpaired) electrons. The van der Waals surface area contributed by atoms with E-state index in [4.69, 9.17) is 0 Å². The summed E-state index contributed by atoms with van der Waals surface area (Å²) in [5.74, 6) is 5.47. The van der Waals surface area contributed by atoms with E-state index in [9.17, 15) is 0 Å². The summed E-state index contributed by atoms with van der Waals surface area (Å²) in [4.78, 5) is 0. The molecule has 9 aliphatic carbocycles. The molecule has 4 bridgehead atoms. The molecule has 9 aliphatic rings. The molecule has 0 N–H and O–H groups in total. The topological polar surface area (TPSA) is 0 Å². The number of benzene rings is 3. The predicted octanol–water partition coefficient (Wildman–Crippen LogP) is 8.67. The number of allylic oxidation sites excluding steroid dienone is 10. The van der Waals surface area contributed by atoms with E-state index in [1.165, 1.54) is 81.8 Å². The Morgan fingerprint density at radius 1 is 0.717 bits per heavy atom. The Kier molecular flexibility index (Phi) is 12.9. The van der Waals surface area contributed by atoms with Gasteiger partial charge in [0, 0.05) is 0 Å². The van der Waals surface area contributed by atoms with Gasteiger partial charge in [-0.3, -0.25) is 6.08 Å². The van der Waals surface area contributed by atoms with Crippen molar-refractivity contribution in [2.75, 3.05) is 0 Å². The van der Waals surface area contributed by atoms with E-state index in [1.54, 1.807) is 53.0 Å². The van der Waals surface area contributed by atoms with Crippen LogP contribution in [0.15, 0.2) is 132 Å².